The van der Waals surface area contributed by atoms with Crippen LogP contribution in [0.15, 0.2) is 37.1 Å². The molecule has 4 aromatic rings. The first kappa shape index (κ1) is 18.8. The Morgan fingerprint density at radius 2 is 1.97 bits per heavy atom. The molecule has 0 aliphatic carbocycles. The lowest BCUT2D eigenvalue weighted by atomic mass is 9.96. The summed E-state index contributed by atoms with van der Waals surface area (Å²) in [5.74, 6) is 1.01. The van der Waals surface area contributed by atoms with Crippen molar-refractivity contribution in [2.45, 2.75) is 18.9 Å². The Morgan fingerprint density at radius 3 is 2.81 bits per heavy atom. The number of hydrogen-bond acceptors (Lipinski definition) is 7. The Morgan fingerprint density at radius 1 is 1.12 bits per heavy atom. The van der Waals surface area contributed by atoms with Gasteiger partial charge in [0.1, 0.15) is 29.9 Å². The molecule has 32 heavy (non-hydrogen) atoms. The first-order valence-corrected chi connectivity index (χ1v) is 9.87. The molecule has 1 aromatic carbocycles. The monoisotopic (exact) mass is 440 g/mol. The number of pyridine rings is 1. The molecule has 8 nitrogen and oxygen atoms in total. The van der Waals surface area contributed by atoms with Crippen LogP contribution in [0.25, 0.3) is 16.8 Å². The van der Waals surface area contributed by atoms with Crippen molar-refractivity contribution in [3.63, 3.8) is 0 Å². The predicted molar refractivity (Wildman–Crippen MR) is 106 cm³/mol. The Bertz CT molecular complexity index is 1360. The number of ether oxygens (including phenoxy) is 2. The molecule has 162 valence electrons. The second-order valence-corrected chi connectivity index (χ2v) is 7.53. The highest BCUT2D eigenvalue weighted by Crippen LogP contribution is 2.42. The predicted octanol–water partition coefficient (Wildman–Crippen LogP) is 3.74. The minimum atomic E-state index is -2.80. The maximum Gasteiger partial charge on any atom is 0.281 e. The fourth-order valence-electron chi connectivity index (χ4n) is 4.30. The highest BCUT2D eigenvalue weighted by molar-refractivity contribution is 5.82. The first-order chi connectivity index (χ1) is 15.6. The maximum atomic E-state index is 14.7. The molecule has 11 heteroatoms. The molecule has 0 amide bonds. The van der Waals surface area contributed by atoms with Gasteiger partial charge in [0, 0.05) is 35.0 Å². The van der Waals surface area contributed by atoms with Crippen molar-refractivity contribution < 1.29 is 22.6 Å². The molecular formula is C21H15F3N6O2. The van der Waals surface area contributed by atoms with Gasteiger partial charge in [-0.2, -0.15) is 0 Å². The van der Waals surface area contributed by atoms with E-state index in [0.717, 1.165) is 11.9 Å². The lowest BCUT2D eigenvalue weighted by Gasteiger charge is -2.17. The molecule has 0 unspecified atom stereocenters. The van der Waals surface area contributed by atoms with Crippen molar-refractivity contribution in [2.24, 2.45) is 0 Å². The van der Waals surface area contributed by atoms with Gasteiger partial charge in [0.25, 0.3) is 6.43 Å². The van der Waals surface area contributed by atoms with Gasteiger partial charge >= 0.3 is 0 Å². The Hall–Kier alpha value is -3.89. The van der Waals surface area contributed by atoms with Crippen molar-refractivity contribution in [1.82, 2.24) is 24.6 Å². The van der Waals surface area contributed by atoms with Crippen LogP contribution in [0.4, 0.5) is 19.0 Å². The summed E-state index contributed by atoms with van der Waals surface area (Å²) >= 11 is 0. The van der Waals surface area contributed by atoms with E-state index in [4.69, 9.17) is 9.47 Å². The molecule has 2 aliphatic heterocycles. The van der Waals surface area contributed by atoms with Gasteiger partial charge in [0.2, 0.25) is 0 Å². The summed E-state index contributed by atoms with van der Waals surface area (Å²) in [5.41, 5.74) is 1.67. The van der Waals surface area contributed by atoms with E-state index in [9.17, 15) is 13.2 Å². The van der Waals surface area contributed by atoms with Gasteiger partial charge in [-0.1, -0.05) is 0 Å². The van der Waals surface area contributed by atoms with Crippen LogP contribution in [-0.4, -0.2) is 37.8 Å². The number of hydrogen-bond donors (Lipinski definition) is 1. The topological polar surface area (TPSA) is 86.5 Å². The molecule has 0 saturated carbocycles. The average Bonchev–Trinajstić information content (AvgIpc) is 3.45. The third-order valence-corrected chi connectivity index (χ3v) is 5.76. The summed E-state index contributed by atoms with van der Waals surface area (Å²) in [6, 6.07) is 4.62. The van der Waals surface area contributed by atoms with Crippen LogP contribution in [0.2, 0.25) is 0 Å². The van der Waals surface area contributed by atoms with Crippen molar-refractivity contribution in [2.75, 3.05) is 18.5 Å². The van der Waals surface area contributed by atoms with Gasteiger partial charge in [-0.25, -0.2) is 23.1 Å². The summed E-state index contributed by atoms with van der Waals surface area (Å²) in [6.45, 7) is 0.762. The number of nitrogens with zero attached hydrogens (tertiary/aromatic N) is 5. The van der Waals surface area contributed by atoms with E-state index in [-0.39, 0.29) is 30.5 Å². The standard InChI is InChI=1S/C21H15F3N6O2/c22-14-1-2-15-17-10(6-31-15)7-32-16-3-11(12-4-25-8-27-18(12)19(23)24)20-29-28-9-30(20)21(16)26-5-13(14)17/h1-4,8-10,19,26H,5-7H2/t10-/m0/s1. The molecule has 0 bridgehead atoms. The Labute approximate surface area is 179 Å². The molecule has 1 atom stereocenters. The van der Waals surface area contributed by atoms with Gasteiger partial charge in [0.15, 0.2) is 17.2 Å². The zero-order chi connectivity index (χ0) is 21.8. The zero-order valence-corrected chi connectivity index (χ0v) is 16.4. The second kappa shape index (κ2) is 7.08. The number of alkyl halides is 2. The van der Waals surface area contributed by atoms with Gasteiger partial charge < -0.3 is 14.8 Å². The molecule has 2 aliphatic rings. The van der Waals surface area contributed by atoms with Crippen molar-refractivity contribution in [1.29, 1.82) is 0 Å². The van der Waals surface area contributed by atoms with E-state index in [1.807, 2.05) is 0 Å². The molecule has 6 rings (SSSR count). The summed E-state index contributed by atoms with van der Waals surface area (Å²) in [4.78, 5) is 7.65. The van der Waals surface area contributed by atoms with Crippen molar-refractivity contribution in [3.05, 3.63) is 59.7 Å². The first-order valence-electron chi connectivity index (χ1n) is 9.87. The number of nitrogens with one attached hydrogen (secondary N) is 1. The fourth-order valence-corrected chi connectivity index (χ4v) is 4.30. The number of fused-ring (bicyclic) bond motifs is 3. The van der Waals surface area contributed by atoms with Crippen LogP contribution in [0.3, 0.4) is 0 Å². The fraction of sp³-hybridized carbons (Fsp3) is 0.238. The maximum absolute atomic E-state index is 14.7. The van der Waals surface area contributed by atoms with Crippen molar-refractivity contribution in [3.8, 4) is 22.6 Å². The molecule has 0 fully saturated rings. The van der Waals surface area contributed by atoms with Gasteiger partial charge in [-0.3, -0.25) is 4.40 Å². The van der Waals surface area contributed by atoms with E-state index in [2.05, 4.69) is 25.5 Å². The molecule has 0 radical (unpaired) electrons. The SMILES string of the molecule is Fc1ccc2c3c1CNc1c(cc(-c4cncnc4C(F)F)c4nncn14)OC[C@@H]3CO2. The highest BCUT2D eigenvalue weighted by Gasteiger charge is 2.32. The Kier molecular flexibility index (Phi) is 4.17. The van der Waals surface area contributed by atoms with E-state index in [1.165, 1.54) is 18.6 Å². The average molecular weight is 440 g/mol. The molecule has 5 heterocycles. The number of halogens is 3. The van der Waals surface area contributed by atoms with Crippen molar-refractivity contribution >= 4 is 11.5 Å². The number of rotatable bonds is 2. The van der Waals surface area contributed by atoms with Gasteiger partial charge in [-0.15, -0.1) is 10.2 Å². The second-order valence-electron chi connectivity index (χ2n) is 7.53. The van der Waals surface area contributed by atoms with Crippen LogP contribution >= 0.6 is 0 Å². The molecule has 3 aromatic heterocycles. The minimum Gasteiger partial charge on any atom is -0.493 e. The van der Waals surface area contributed by atoms with E-state index >= 15 is 0 Å². The quantitative estimate of drug-likeness (QED) is 0.508. The summed E-state index contributed by atoms with van der Waals surface area (Å²) in [7, 11) is 0. The lowest BCUT2D eigenvalue weighted by Crippen LogP contribution is -2.13. The van der Waals surface area contributed by atoms with Crippen LogP contribution < -0.4 is 14.8 Å². The number of aromatic nitrogens is 5. The smallest absolute Gasteiger partial charge is 0.281 e. The normalized spacial score (nSPS) is 16.9. The zero-order valence-electron chi connectivity index (χ0n) is 16.4. The number of anilines is 1. The van der Waals surface area contributed by atoms with Crippen LogP contribution in [0, 0.1) is 5.82 Å². The lowest BCUT2D eigenvalue weighted by molar-refractivity contribution is 0.146. The van der Waals surface area contributed by atoms with Gasteiger partial charge in [0.05, 0.1) is 19.1 Å². The van der Waals surface area contributed by atoms with Crippen LogP contribution in [0.1, 0.15) is 29.2 Å². The third kappa shape index (κ3) is 2.77. The largest absolute Gasteiger partial charge is 0.493 e. The Balaban J connectivity index is 1.53. The highest BCUT2D eigenvalue weighted by atomic mass is 19.3. The number of benzene rings is 1. The minimum absolute atomic E-state index is 0.132. The molecule has 0 spiro atoms. The third-order valence-electron chi connectivity index (χ3n) is 5.76. The van der Waals surface area contributed by atoms with Crippen LogP contribution in [-0.2, 0) is 6.54 Å². The molecule has 1 N–H and O–H groups in total. The summed E-state index contributed by atoms with van der Waals surface area (Å²) in [6.07, 6.45) is 1.03. The van der Waals surface area contributed by atoms with Crippen LogP contribution in [0.5, 0.6) is 11.5 Å². The summed E-state index contributed by atoms with van der Waals surface area (Å²) < 4.78 is 55.3. The summed E-state index contributed by atoms with van der Waals surface area (Å²) in [5, 5.41) is 11.3. The van der Waals surface area contributed by atoms with E-state index in [1.54, 1.807) is 16.5 Å². The van der Waals surface area contributed by atoms with E-state index in [0.29, 0.717) is 40.7 Å². The molecular weight excluding hydrogens is 425 g/mol. The van der Waals surface area contributed by atoms with E-state index < -0.39 is 12.1 Å². The molecule has 0 saturated heterocycles. The van der Waals surface area contributed by atoms with Gasteiger partial charge in [-0.05, 0) is 18.2 Å².